The number of benzene rings is 5. The number of ether oxygens (including phenoxy) is 1. The van der Waals surface area contributed by atoms with Crippen molar-refractivity contribution >= 4 is 49.7 Å². The molecule has 0 amide bonds. The van der Waals surface area contributed by atoms with E-state index < -0.39 is 0 Å². The van der Waals surface area contributed by atoms with Crippen molar-refractivity contribution in [1.82, 2.24) is 0 Å². The van der Waals surface area contributed by atoms with Gasteiger partial charge in [0.1, 0.15) is 11.5 Å². The molecule has 0 spiro atoms. The molecule has 1 aliphatic heterocycles. The Morgan fingerprint density at radius 1 is 0.865 bits per heavy atom. The van der Waals surface area contributed by atoms with Crippen molar-refractivity contribution in [1.29, 1.82) is 0 Å². The average molecular weight is 572 g/mol. The predicted molar refractivity (Wildman–Crippen MR) is 155 cm³/mol. The molecule has 0 aromatic heterocycles. The van der Waals surface area contributed by atoms with Crippen LogP contribution in [0.15, 0.2) is 108 Å². The second-order valence-corrected chi connectivity index (χ2v) is 10.4. The van der Waals surface area contributed by atoms with Crippen molar-refractivity contribution in [2.75, 3.05) is 16.9 Å². The van der Waals surface area contributed by atoms with Crippen LogP contribution in [-0.2, 0) is 6.54 Å². The van der Waals surface area contributed by atoms with E-state index in [2.05, 4.69) is 56.5 Å². The van der Waals surface area contributed by atoms with Crippen LogP contribution < -0.4 is 15.0 Å². The number of phenolic OH excluding ortho intramolecular Hbond substituents is 1. The van der Waals surface area contributed by atoms with Crippen molar-refractivity contribution in [3.63, 3.8) is 0 Å². The van der Waals surface area contributed by atoms with Gasteiger partial charge < -0.3 is 20.1 Å². The Balaban J connectivity index is 1.42. The Morgan fingerprint density at radius 3 is 2.38 bits per heavy atom. The SMILES string of the molecule is Oc1cc2ccccc2cc1C(Nc1ccc(Cl)cc1)c1ccc2c(c1)CN(c1ccccc1Br)CO2. The first-order valence-corrected chi connectivity index (χ1v) is 13.2. The van der Waals surface area contributed by atoms with Crippen molar-refractivity contribution in [2.24, 2.45) is 0 Å². The molecule has 0 saturated heterocycles. The summed E-state index contributed by atoms with van der Waals surface area (Å²) in [4.78, 5) is 2.20. The summed E-state index contributed by atoms with van der Waals surface area (Å²) in [5.74, 6) is 1.12. The lowest BCUT2D eigenvalue weighted by molar-refractivity contribution is 0.289. The highest BCUT2D eigenvalue weighted by Gasteiger charge is 2.24. The van der Waals surface area contributed by atoms with Gasteiger partial charge in [-0.25, -0.2) is 0 Å². The summed E-state index contributed by atoms with van der Waals surface area (Å²) in [6.45, 7) is 1.19. The third-order valence-corrected chi connectivity index (χ3v) is 7.63. The van der Waals surface area contributed by atoms with E-state index in [0.717, 1.165) is 49.1 Å². The Labute approximate surface area is 229 Å². The third kappa shape index (κ3) is 4.85. The van der Waals surface area contributed by atoms with Crippen LogP contribution in [0.2, 0.25) is 5.02 Å². The summed E-state index contributed by atoms with van der Waals surface area (Å²) >= 11 is 9.80. The number of hydrogen-bond acceptors (Lipinski definition) is 4. The minimum Gasteiger partial charge on any atom is -0.508 e. The zero-order valence-electron chi connectivity index (χ0n) is 19.9. The summed E-state index contributed by atoms with van der Waals surface area (Å²) in [5, 5.41) is 17.5. The molecule has 5 aromatic rings. The van der Waals surface area contributed by atoms with Gasteiger partial charge in [-0.15, -0.1) is 0 Å². The minimum atomic E-state index is -0.296. The van der Waals surface area contributed by atoms with Crippen molar-refractivity contribution < 1.29 is 9.84 Å². The number of nitrogens with one attached hydrogen (secondary N) is 1. The molecule has 37 heavy (non-hydrogen) atoms. The van der Waals surface area contributed by atoms with Gasteiger partial charge in [0.15, 0.2) is 6.73 Å². The first-order valence-electron chi connectivity index (χ1n) is 12.0. The van der Waals surface area contributed by atoms with E-state index in [-0.39, 0.29) is 11.8 Å². The largest absolute Gasteiger partial charge is 0.508 e. The first-order chi connectivity index (χ1) is 18.0. The minimum absolute atomic E-state index is 0.244. The van der Waals surface area contributed by atoms with Gasteiger partial charge in [-0.1, -0.05) is 54.1 Å². The fourth-order valence-electron chi connectivity index (χ4n) is 4.84. The van der Waals surface area contributed by atoms with E-state index >= 15 is 0 Å². The van der Waals surface area contributed by atoms with Crippen LogP contribution in [0.3, 0.4) is 0 Å². The van der Waals surface area contributed by atoms with Crippen molar-refractivity contribution in [3.05, 3.63) is 129 Å². The number of anilines is 2. The zero-order valence-corrected chi connectivity index (χ0v) is 22.2. The Hall–Kier alpha value is -3.67. The summed E-state index contributed by atoms with van der Waals surface area (Å²) in [6, 6.07) is 33.7. The second-order valence-electron chi connectivity index (χ2n) is 9.13. The fraction of sp³-hybridized carbons (Fsp3) is 0.0968. The molecule has 1 heterocycles. The van der Waals surface area contributed by atoms with Gasteiger partial charge in [0.25, 0.3) is 0 Å². The fourth-order valence-corrected chi connectivity index (χ4v) is 5.50. The van der Waals surface area contributed by atoms with E-state index in [0.29, 0.717) is 18.3 Å². The quantitative estimate of drug-likeness (QED) is 0.222. The number of fused-ring (bicyclic) bond motifs is 2. The van der Waals surface area contributed by atoms with Crippen molar-refractivity contribution in [3.8, 4) is 11.5 Å². The maximum Gasteiger partial charge on any atom is 0.161 e. The molecule has 0 bridgehead atoms. The number of rotatable bonds is 5. The molecule has 5 aromatic carbocycles. The first kappa shape index (κ1) is 23.7. The molecular formula is C31H24BrClN2O2. The number of halogens is 2. The Bertz CT molecular complexity index is 1590. The van der Waals surface area contributed by atoms with E-state index in [9.17, 15) is 5.11 Å². The van der Waals surface area contributed by atoms with Crippen LogP contribution in [0, 0.1) is 0 Å². The smallest absolute Gasteiger partial charge is 0.161 e. The van der Waals surface area contributed by atoms with Gasteiger partial charge in [0.2, 0.25) is 0 Å². The summed E-state index contributed by atoms with van der Waals surface area (Å²) < 4.78 is 7.15. The molecule has 184 valence electrons. The third-order valence-electron chi connectivity index (χ3n) is 6.71. The normalized spacial score (nSPS) is 13.6. The summed E-state index contributed by atoms with van der Waals surface area (Å²) in [7, 11) is 0. The van der Waals surface area contributed by atoms with Gasteiger partial charge in [-0.3, -0.25) is 0 Å². The average Bonchev–Trinajstić information content (AvgIpc) is 2.92. The molecule has 0 aliphatic carbocycles. The molecule has 6 rings (SSSR count). The lowest BCUT2D eigenvalue weighted by atomic mass is 9.93. The number of hydrogen-bond donors (Lipinski definition) is 2. The summed E-state index contributed by atoms with van der Waals surface area (Å²) in [6.07, 6.45) is 0. The van der Waals surface area contributed by atoms with Crippen LogP contribution in [0.25, 0.3) is 10.8 Å². The molecule has 1 aliphatic rings. The molecule has 0 radical (unpaired) electrons. The highest BCUT2D eigenvalue weighted by Crippen LogP contribution is 2.39. The van der Waals surface area contributed by atoms with Crippen LogP contribution in [-0.4, -0.2) is 11.8 Å². The molecule has 4 nitrogen and oxygen atoms in total. The molecule has 2 N–H and O–H groups in total. The maximum absolute atomic E-state index is 11.1. The van der Waals surface area contributed by atoms with E-state index in [1.54, 1.807) is 0 Å². The van der Waals surface area contributed by atoms with Gasteiger partial charge in [0, 0.05) is 32.9 Å². The van der Waals surface area contributed by atoms with Gasteiger partial charge >= 0.3 is 0 Å². The number of nitrogens with zero attached hydrogens (tertiary/aromatic N) is 1. The van der Waals surface area contributed by atoms with E-state index in [1.807, 2.05) is 72.8 Å². The zero-order chi connectivity index (χ0) is 25.4. The number of aromatic hydroxyl groups is 1. The van der Waals surface area contributed by atoms with E-state index in [1.165, 1.54) is 0 Å². The highest BCUT2D eigenvalue weighted by atomic mass is 79.9. The topological polar surface area (TPSA) is 44.7 Å². The Morgan fingerprint density at radius 2 is 1.59 bits per heavy atom. The summed E-state index contributed by atoms with van der Waals surface area (Å²) in [5.41, 5.74) is 4.90. The second kappa shape index (κ2) is 10.0. The van der Waals surface area contributed by atoms with Gasteiger partial charge in [-0.05, 0) is 92.9 Å². The maximum atomic E-state index is 11.1. The molecule has 0 fully saturated rings. The Kier molecular flexibility index (Phi) is 6.41. The van der Waals surface area contributed by atoms with Crippen LogP contribution in [0.1, 0.15) is 22.7 Å². The lowest BCUT2D eigenvalue weighted by Crippen LogP contribution is -2.32. The standard InChI is InChI=1S/C31H24BrClN2O2/c32-27-7-3-4-8-28(27)35-18-23-15-22(9-14-30(23)37-19-35)31(34-25-12-10-24(33)11-13-25)26-16-20-5-1-2-6-21(20)17-29(26)36/h1-17,31,34,36H,18-19H2. The molecule has 1 atom stereocenters. The number of phenols is 1. The lowest BCUT2D eigenvalue weighted by Gasteiger charge is -2.32. The van der Waals surface area contributed by atoms with Crippen molar-refractivity contribution in [2.45, 2.75) is 12.6 Å². The van der Waals surface area contributed by atoms with Gasteiger partial charge in [-0.2, -0.15) is 0 Å². The molecule has 6 heteroatoms. The molecule has 0 saturated carbocycles. The number of para-hydroxylation sites is 1. The van der Waals surface area contributed by atoms with E-state index in [4.69, 9.17) is 16.3 Å². The van der Waals surface area contributed by atoms with Crippen LogP contribution >= 0.6 is 27.5 Å². The van der Waals surface area contributed by atoms with Crippen LogP contribution in [0.4, 0.5) is 11.4 Å². The monoisotopic (exact) mass is 570 g/mol. The predicted octanol–water partition coefficient (Wildman–Crippen LogP) is 8.52. The van der Waals surface area contributed by atoms with Crippen LogP contribution in [0.5, 0.6) is 11.5 Å². The highest BCUT2D eigenvalue weighted by molar-refractivity contribution is 9.10. The molecular weight excluding hydrogens is 548 g/mol. The van der Waals surface area contributed by atoms with Gasteiger partial charge in [0.05, 0.1) is 11.7 Å². The molecule has 1 unspecified atom stereocenters.